The molecule has 2 heterocycles. The van der Waals surface area contributed by atoms with Gasteiger partial charge in [-0.3, -0.25) is 4.79 Å². The van der Waals surface area contributed by atoms with E-state index in [-0.39, 0.29) is 5.56 Å². The van der Waals surface area contributed by atoms with Crippen LogP contribution in [0.3, 0.4) is 0 Å². The molecule has 6 nitrogen and oxygen atoms in total. The maximum Gasteiger partial charge on any atom is 0.257 e. The van der Waals surface area contributed by atoms with Crippen LogP contribution in [0.4, 0.5) is 5.69 Å². The Hall–Kier alpha value is -2.73. The van der Waals surface area contributed by atoms with Crippen molar-refractivity contribution in [3.8, 4) is 17.0 Å². The molecule has 0 radical (unpaired) electrons. The molecule has 25 heavy (non-hydrogen) atoms. The monoisotopic (exact) mass is 340 g/mol. The molecule has 1 aromatic carbocycles. The number of fused-ring (bicyclic) bond motifs is 1. The van der Waals surface area contributed by atoms with E-state index in [0.29, 0.717) is 17.9 Å². The van der Waals surface area contributed by atoms with Gasteiger partial charge in [-0.2, -0.15) is 0 Å². The van der Waals surface area contributed by atoms with Gasteiger partial charge in [-0.1, -0.05) is 13.8 Å². The SMILES string of the molecule is CCN(CC)CCOc1ccc2[nH]c(-c3cc(N)c[nH]c3=O)cc2c1. The first kappa shape index (κ1) is 17.1. The summed E-state index contributed by atoms with van der Waals surface area (Å²) in [7, 11) is 0. The Morgan fingerprint density at radius 3 is 2.72 bits per heavy atom. The number of aromatic amines is 2. The number of hydrogen-bond acceptors (Lipinski definition) is 4. The average molecular weight is 340 g/mol. The van der Waals surface area contributed by atoms with E-state index in [1.165, 1.54) is 6.20 Å². The normalized spacial score (nSPS) is 11.3. The molecule has 132 valence electrons. The molecule has 0 amide bonds. The van der Waals surface area contributed by atoms with Crippen molar-refractivity contribution in [1.29, 1.82) is 0 Å². The quantitative estimate of drug-likeness (QED) is 0.617. The van der Waals surface area contributed by atoms with E-state index >= 15 is 0 Å². The summed E-state index contributed by atoms with van der Waals surface area (Å²) in [5.41, 5.74) is 8.35. The molecule has 2 aromatic heterocycles. The second-order valence-electron chi connectivity index (χ2n) is 5.98. The second kappa shape index (κ2) is 7.44. The molecule has 0 aliphatic heterocycles. The number of hydrogen-bond donors (Lipinski definition) is 3. The van der Waals surface area contributed by atoms with Crippen LogP contribution in [0.2, 0.25) is 0 Å². The zero-order valence-electron chi connectivity index (χ0n) is 14.6. The predicted octanol–water partition coefficient (Wildman–Crippen LogP) is 2.83. The largest absolute Gasteiger partial charge is 0.492 e. The molecule has 0 unspecified atom stereocenters. The molecule has 3 rings (SSSR count). The minimum atomic E-state index is -0.170. The standard InChI is InChI=1S/C19H24N4O2/c1-3-23(4-2)7-8-25-15-5-6-17-13(9-15)10-18(22-17)16-11-14(20)12-21-19(16)24/h5-6,9-12,22H,3-4,7-8,20H2,1-2H3,(H,21,24). The number of nitrogens with one attached hydrogen (secondary N) is 2. The molecule has 4 N–H and O–H groups in total. The highest BCUT2D eigenvalue weighted by molar-refractivity contribution is 5.87. The highest BCUT2D eigenvalue weighted by atomic mass is 16.5. The number of nitrogen functional groups attached to an aromatic ring is 1. The maximum atomic E-state index is 12.0. The number of ether oxygens (including phenoxy) is 1. The molecular weight excluding hydrogens is 316 g/mol. The number of likely N-dealkylation sites (N-methyl/N-ethyl adjacent to an activating group) is 1. The van der Waals surface area contributed by atoms with Gasteiger partial charge in [-0.25, -0.2) is 0 Å². The van der Waals surface area contributed by atoms with Crippen LogP contribution in [-0.4, -0.2) is 41.1 Å². The van der Waals surface area contributed by atoms with Gasteiger partial charge in [0.1, 0.15) is 12.4 Å². The Labute approximate surface area is 146 Å². The van der Waals surface area contributed by atoms with Crippen molar-refractivity contribution in [2.75, 3.05) is 32.0 Å². The van der Waals surface area contributed by atoms with Crippen molar-refractivity contribution in [2.24, 2.45) is 0 Å². The Kier molecular flexibility index (Phi) is 5.09. The number of anilines is 1. The van der Waals surface area contributed by atoms with Gasteiger partial charge in [0.2, 0.25) is 0 Å². The van der Waals surface area contributed by atoms with Crippen molar-refractivity contribution in [3.63, 3.8) is 0 Å². The first-order chi connectivity index (χ1) is 12.1. The van der Waals surface area contributed by atoms with E-state index in [1.54, 1.807) is 6.07 Å². The van der Waals surface area contributed by atoms with E-state index in [1.807, 2.05) is 24.3 Å². The molecule has 0 aliphatic rings. The Morgan fingerprint density at radius 1 is 1.16 bits per heavy atom. The van der Waals surface area contributed by atoms with E-state index in [2.05, 4.69) is 28.7 Å². The highest BCUT2D eigenvalue weighted by Gasteiger charge is 2.09. The molecule has 0 spiro atoms. The Balaban J connectivity index is 1.80. The molecule has 0 aliphatic carbocycles. The number of H-pyrrole nitrogens is 2. The lowest BCUT2D eigenvalue weighted by Gasteiger charge is -2.17. The summed E-state index contributed by atoms with van der Waals surface area (Å²) >= 11 is 0. The first-order valence-electron chi connectivity index (χ1n) is 8.57. The first-order valence-corrected chi connectivity index (χ1v) is 8.57. The topological polar surface area (TPSA) is 87.1 Å². The average Bonchev–Trinajstić information content (AvgIpc) is 3.04. The number of rotatable bonds is 7. The summed E-state index contributed by atoms with van der Waals surface area (Å²) in [6.07, 6.45) is 1.50. The predicted molar refractivity (Wildman–Crippen MR) is 102 cm³/mol. The van der Waals surface area contributed by atoms with Gasteiger partial charge in [0.25, 0.3) is 5.56 Å². The van der Waals surface area contributed by atoms with Crippen molar-refractivity contribution in [1.82, 2.24) is 14.9 Å². The van der Waals surface area contributed by atoms with Crippen LogP contribution in [0, 0.1) is 0 Å². The number of pyridine rings is 1. The number of nitrogens with zero attached hydrogens (tertiary/aromatic N) is 1. The third-order valence-electron chi connectivity index (χ3n) is 4.38. The summed E-state index contributed by atoms with van der Waals surface area (Å²) in [5, 5.41) is 0.997. The van der Waals surface area contributed by atoms with Gasteiger partial charge in [-0.05, 0) is 43.4 Å². The fraction of sp³-hybridized carbons (Fsp3) is 0.316. The van der Waals surface area contributed by atoms with Crippen LogP contribution in [0.1, 0.15) is 13.8 Å². The highest BCUT2D eigenvalue weighted by Crippen LogP contribution is 2.26. The van der Waals surface area contributed by atoms with E-state index in [4.69, 9.17) is 10.5 Å². The van der Waals surface area contributed by atoms with Crippen LogP contribution in [0.25, 0.3) is 22.2 Å². The van der Waals surface area contributed by atoms with E-state index < -0.39 is 0 Å². The minimum Gasteiger partial charge on any atom is -0.492 e. The lowest BCUT2D eigenvalue weighted by molar-refractivity contribution is 0.223. The minimum absolute atomic E-state index is 0.170. The molecule has 6 heteroatoms. The van der Waals surface area contributed by atoms with Crippen molar-refractivity contribution < 1.29 is 4.74 Å². The van der Waals surface area contributed by atoms with Crippen molar-refractivity contribution >= 4 is 16.6 Å². The van der Waals surface area contributed by atoms with Gasteiger partial charge in [0.15, 0.2) is 0 Å². The molecule has 0 bridgehead atoms. The summed E-state index contributed by atoms with van der Waals surface area (Å²) in [4.78, 5) is 20.2. The van der Waals surface area contributed by atoms with E-state index in [0.717, 1.165) is 42.0 Å². The summed E-state index contributed by atoms with van der Waals surface area (Å²) in [5.74, 6) is 0.826. The zero-order valence-corrected chi connectivity index (χ0v) is 14.6. The fourth-order valence-corrected chi connectivity index (χ4v) is 2.88. The number of nitrogens with two attached hydrogens (primary N) is 1. The molecule has 0 saturated carbocycles. The zero-order chi connectivity index (χ0) is 17.8. The second-order valence-corrected chi connectivity index (χ2v) is 5.98. The maximum absolute atomic E-state index is 12.0. The lowest BCUT2D eigenvalue weighted by Crippen LogP contribution is -2.27. The van der Waals surface area contributed by atoms with Crippen LogP contribution < -0.4 is 16.0 Å². The number of aromatic nitrogens is 2. The van der Waals surface area contributed by atoms with Crippen LogP contribution in [0.5, 0.6) is 5.75 Å². The van der Waals surface area contributed by atoms with Crippen LogP contribution in [-0.2, 0) is 0 Å². The molecule has 0 fully saturated rings. The summed E-state index contributed by atoms with van der Waals surface area (Å²) < 4.78 is 5.86. The summed E-state index contributed by atoms with van der Waals surface area (Å²) in [6, 6.07) is 9.50. The van der Waals surface area contributed by atoms with Gasteiger partial charge in [0, 0.05) is 29.3 Å². The summed E-state index contributed by atoms with van der Waals surface area (Å²) in [6.45, 7) is 7.90. The molecule has 0 saturated heterocycles. The van der Waals surface area contributed by atoms with E-state index in [9.17, 15) is 4.79 Å². The third-order valence-corrected chi connectivity index (χ3v) is 4.38. The van der Waals surface area contributed by atoms with Crippen molar-refractivity contribution in [3.05, 3.63) is 46.9 Å². The molecule has 3 aromatic rings. The Bertz CT molecular complexity index is 909. The molecular formula is C19H24N4O2. The number of benzene rings is 1. The van der Waals surface area contributed by atoms with Gasteiger partial charge in [-0.15, -0.1) is 0 Å². The van der Waals surface area contributed by atoms with Gasteiger partial charge < -0.3 is 25.3 Å². The third kappa shape index (κ3) is 3.85. The van der Waals surface area contributed by atoms with Crippen LogP contribution >= 0.6 is 0 Å². The lowest BCUT2D eigenvalue weighted by atomic mass is 10.2. The fourth-order valence-electron chi connectivity index (χ4n) is 2.88. The van der Waals surface area contributed by atoms with Gasteiger partial charge >= 0.3 is 0 Å². The van der Waals surface area contributed by atoms with Crippen molar-refractivity contribution in [2.45, 2.75) is 13.8 Å². The smallest absolute Gasteiger partial charge is 0.257 e. The van der Waals surface area contributed by atoms with Gasteiger partial charge in [0.05, 0.1) is 11.3 Å². The molecule has 0 atom stereocenters. The Morgan fingerprint density at radius 2 is 1.96 bits per heavy atom. The van der Waals surface area contributed by atoms with Crippen LogP contribution in [0.15, 0.2) is 41.3 Å².